The molecule has 0 amide bonds. The molecule has 2 atom stereocenters. The fourth-order valence-corrected chi connectivity index (χ4v) is 2.80. The average Bonchev–Trinajstić information content (AvgIpc) is 3.00. The van der Waals surface area contributed by atoms with Gasteiger partial charge in [0.15, 0.2) is 0 Å². The normalized spacial score (nSPS) is 28.2. The second-order valence-corrected chi connectivity index (χ2v) is 6.35. The Labute approximate surface area is 110 Å². The van der Waals surface area contributed by atoms with Crippen LogP contribution in [0.4, 0.5) is 0 Å². The molecule has 2 unspecified atom stereocenters. The van der Waals surface area contributed by atoms with E-state index in [4.69, 9.17) is 0 Å². The quantitative estimate of drug-likeness (QED) is 0.726. The van der Waals surface area contributed by atoms with Gasteiger partial charge in [-0.25, -0.2) is 0 Å². The van der Waals surface area contributed by atoms with Gasteiger partial charge >= 0.3 is 5.97 Å². The minimum atomic E-state index is -0.730. The summed E-state index contributed by atoms with van der Waals surface area (Å²) in [6.07, 6.45) is 5.24. The molecule has 1 aliphatic heterocycles. The van der Waals surface area contributed by atoms with Crippen LogP contribution < -0.4 is 5.32 Å². The molecular formula is C14H26N2O2. The summed E-state index contributed by atoms with van der Waals surface area (Å²) in [7, 11) is 0. The van der Waals surface area contributed by atoms with Crippen molar-refractivity contribution >= 4 is 5.97 Å². The second-order valence-electron chi connectivity index (χ2n) is 6.35. The summed E-state index contributed by atoms with van der Waals surface area (Å²) >= 11 is 0. The highest BCUT2D eigenvalue weighted by Crippen LogP contribution is 2.25. The van der Waals surface area contributed by atoms with Crippen LogP contribution in [0.25, 0.3) is 0 Å². The van der Waals surface area contributed by atoms with Crippen molar-refractivity contribution in [1.82, 2.24) is 10.2 Å². The largest absolute Gasteiger partial charge is 0.480 e. The molecule has 0 aromatic rings. The predicted octanol–water partition coefficient (Wildman–Crippen LogP) is 1.70. The minimum absolute atomic E-state index is 0.443. The third kappa shape index (κ3) is 3.69. The van der Waals surface area contributed by atoms with Crippen molar-refractivity contribution in [1.29, 1.82) is 0 Å². The van der Waals surface area contributed by atoms with Gasteiger partial charge in [0, 0.05) is 12.6 Å². The van der Waals surface area contributed by atoms with Crippen LogP contribution in [-0.4, -0.2) is 47.2 Å². The molecule has 4 nitrogen and oxygen atoms in total. The second kappa shape index (κ2) is 5.57. The van der Waals surface area contributed by atoms with E-state index in [9.17, 15) is 9.90 Å². The van der Waals surface area contributed by atoms with Gasteiger partial charge in [0.25, 0.3) is 0 Å². The Balaban J connectivity index is 1.73. The number of aliphatic carboxylic acids is 1. The lowest BCUT2D eigenvalue weighted by Crippen LogP contribution is -2.50. The van der Waals surface area contributed by atoms with Gasteiger partial charge in [-0.15, -0.1) is 0 Å². The fraction of sp³-hybridized carbons (Fsp3) is 0.929. The van der Waals surface area contributed by atoms with E-state index in [1.54, 1.807) is 0 Å². The number of hydrogen-bond donors (Lipinski definition) is 2. The molecule has 0 spiro atoms. The number of nitrogens with zero attached hydrogens (tertiary/aromatic N) is 1. The molecule has 104 valence electrons. The SMILES string of the molecule is CC1CCN(CCCC(C)(NC2CC2)C(=O)O)C1. The molecule has 0 bridgehead atoms. The predicted molar refractivity (Wildman–Crippen MR) is 71.7 cm³/mol. The zero-order valence-corrected chi connectivity index (χ0v) is 11.6. The smallest absolute Gasteiger partial charge is 0.323 e. The Hall–Kier alpha value is -0.610. The van der Waals surface area contributed by atoms with Crippen LogP contribution in [0.3, 0.4) is 0 Å². The zero-order valence-electron chi connectivity index (χ0n) is 11.6. The first-order valence-electron chi connectivity index (χ1n) is 7.23. The first-order chi connectivity index (χ1) is 8.49. The van der Waals surface area contributed by atoms with Crippen LogP contribution in [0.1, 0.15) is 46.0 Å². The summed E-state index contributed by atoms with van der Waals surface area (Å²) in [5.41, 5.74) is -0.730. The van der Waals surface area contributed by atoms with Crippen molar-refractivity contribution in [3.63, 3.8) is 0 Å². The Kier molecular flexibility index (Phi) is 4.28. The standard InChI is InChI=1S/C14H26N2O2/c1-11-6-9-16(10-11)8-3-7-14(2,13(17)18)15-12-4-5-12/h11-12,15H,3-10H2,1-2H3,(H,17,18). The van der Waals surface area contributed by atoms with E-state index >= 15 is 0 Å². The Bertz CT molecular complexity index is 304. The van der Waals surface area contributed by atoms with Gasteiger partial charge < -0.3 is 10.0 Å². The van der Waals surface area contributed by atoms with Crippen molar-refractivity contribution in [3.05, 3.63) is 0 Å². The van der Waals surface area contributed by atoms with Gasteiger partial charge in [-0.3, -0.25) is 10.1 Å². The van der Waals surface area contributed by atoms with E-state index < -0.39 is 11.5 Å². The maximum Gasteiger partial charge on any atom is 0.323 e. The molecular weight excluding hydrogens is 228 g/mol. The number of likely N-dealkylation sites (tertiary alicyclic amines) is 1. The fourth-order valence-electron chi connectivity index (χ4n) is 2.80. The summed E-state index contributed by atoms with van der Waals surface area (Å²) in [4.78, 5) is 13.8. The van der Waals surface area contributed by atoms with E-state index in [-0.39, 0.29) is 0 Å². The Morgan fingerprint density at radius 1 is 1.44 bits per heavy atom. The number of hydrogen-bond acceptors (Lipinski definition) is 3. The van der Waals surface area contributed by atoms with Crippen molar-refractivity contribution in [2.45, 2.75) is 57.5 Å². The van der Waals surface area contributed by atoms with Crippen LogP contribution in [0.15, 0.2) is 0 Å². The molecule has 2 rings (SSSR count). The molecule has 1 aliphatic carbocycles. The van der Waals surface area contributed by atoms with E-state index in [1.807, 2.05) is 6.92 Å². The lowest BCUT2D eigenvalue weighted by molar-refractivity contribution is -0.144. The lowest BCUT2D eigenvalue weighted by atomic mass is 9.95. The molecule has 4 heteroatoms. The third-order valence-corrected chi connectivity index (χ3v) is 4.23. The highest BCUT2D eigenvalue weighted by molar-refractivity contribution is 5.78. The van der Waals surface area contributed by atoms with Crippen LogP contribution in [0, 0.1) is 5.92 Å². The number of carboxylic acid groups (broad SMARTS) is 1. The molecule has 2 fully saturated rings. The Morgan fingerprint density at radius 3 is 2.67 bits per heavy atom. The summed E-state index contributed by atoms with van der Waals surface area (Å²) in [5.74, 6) is 0.102. The van der Waals surface area contributed by atoms with E-state index in [2.05, 4.69) is 17.1 Å². The molecule has 2 N–H and O–H groups in total. The molecule has 1 saturated heterocycles. The molecule has 0 aromatic heterocycles. The lowest BCUT2D eigenvalue weighted by Gasteiger charge is -2.27. The van der Waals surface area contributed by atoms with E-state index in [1.165, 1.54) is 19.5 Å². The summed E-state index contributed by atoms with van der Waals surface area (Å²) in [6, 6.07) is 0.443. The van der Waals surface area contributed by atoms with Crippen LogP contribution in [-0.2, 0) is 4.79 Å². The van der Waals surface area contributed by atoms with Crippen LogP contribution in [0.5, 0.6) is 0 Å². The monoisotopic (exact) mass is 254 g/mol. The van der Waals surface area contributed by atoms with Gasteiger partial charge in [0.1, 0.15) is 5.54 Å². The van der Waals surface area contributed by atoms with Gasteiger partial charge in [0.05, 0.1) is 0 Å². The molecule has 1 heterocycles. The maximum atomic E-state index is 11.4. The van der Waals surface area contributed by atoms with Gasteiger partial charge in [-0.1, -0.05) is 6.92 Å². The van der Waals surface area contributed by atoms with E-state index in [0.29, 0.717) is 6.04 Å². The zero-order chi connectivity index (χ0) is 13.2. The summed E-state index contributed by atoms with van der Waals surface area (Å²) < 4.78 is 0. The van der Waals surface area contributed by atoms with Crippen molar-refractivity contribution in [3.8, 4) is 0 Å². The minimum Gasteiger partial charge on any atom is -0.480 e. The van der Waals surface area contributed by atoms with Gasteiger partial charge in [-0.05, 0) is 58.0 Å². The highest BCUT2D eigenvalue weighted by atomic mass is 16.4. The summed E-state index contributed by atoms with van der Waals surface area (Å²) in [5, 5.41) is 12.6. The average molecular weight is 254 g/mol. The van der Waals surface area contributed by atoms with Crippen molar-refractivity contribution < 1.29 is 9.90 Å². The number of nitrogens with one attached hydrogen (secondary N) is 1. The molecule has 0 aromatic carbocycles. The van der Waals surface area contributed by atoms with Crippen molar-refractivity contribution in [2.75, 3.05) is 19.6 Å². The van der Waals surface area contributed by atoms with Gasteiger partial charge in [0.2, 0.25) is 0 Å². The van der Waals surface area contributed by atoms with Crippen LogP contribution in [0.2, 0.25) is 0 Å². The van der Waals surface area contributed by atoms with Gasteiger partial charge in [-0.2, -0.15) is 0 Å². The maximum absolute atomic E-state index is 11.4. The Morgan fingerprint density at radius 2 is 2.17 bits per heavy atom. The van der Waals surface area contributed by atoms with Crippen LogP contribution >= 0.6 is 0 Å². The molecule has 1 saturated carbocycles. The molecule has 18 heavy (non-hydrogen) atoms. The third-order valence-electron chi connectivity index (χ3n) is 4.23. The number of carboxylic acids is 1. The summed E-state index contributed by atoms with van der Waals surface area (Å²) in [6.45, 7) is 7.52. The number of carbonyl (C=O) groups is 1. The molecule has 0 radical (unpaired) electrons. The topological polar surface area (TPSA) is 52.6 Å². The number of rotatable bonds is 7. The molecule has 2 aliphatic rings. The first kappa shape index (κ1) is 13.8. The highest BCUT2D eigenvalue weighted by Gasteiger charge is 2.38. The first-order valence-corrected chi connectivity index (χ1v) is 7.23. The van der Waals surface area contributed by atoms with Crippen molar-refractivity contribution in [2.24, 2.45) is 5.92 Å². The van der Waals surface area contributed by atoms with E-state index in [0.717, 1.165) is 38.1 Å².